The van der Waals surface area contributed by atoms with Crippen LogP contribution in [0, 0.1) is 0 Å². The summed E-state index contributed by atoms with van der Waals surface area (Å²) in [6.07, 6.45) is 1.37. The van der Waals surface area contributed by atoms with E-state index in [-0.39, 0.29) is 16.0 Å². The zero-order valence-corrected chi connectivity index (χ0v) is 16.8. The Labute approximate surface area is 167 Å². The van der Waals surface area contributed by atoms with Gasteiger partial charge in [-0.2, -0.15) is 0 Å². The molecule has 0 spiro atoms. The molecule has 10 heteroatoms. The highest BCUT2D eigenvalue weighted by atomic mass is 79.9. The number of benzene rings is 1. The van der Waals surface area contributed by atoms with Gasteiger partial charge in [-0.05, 0) is 74.0 Å². The van der Waals surface area contributed by atoms with Gasteiger partial charge in [0.15, 0.2) is 4.67 Å². The van der Waals surface area contributed by atoms with Crippen LogP contribution in [-0.2, 0) is 4.79 Å². The molecular formula is C15H7Br2ClN2O4S. The van der Waals surface area contributed by atoms with Gasteiger partial charge in [-0.1, -0.05) is 11.6 Å². The Hall–Kier alpha value is -1.55. The lowest BCUT2D eigenvalue weighted by molar-refractivity contribution is -0.131. The van der Waals surface area contributed by atoms with Gasteiger partial charge in [-0.25, -0.2) is 4.79 Å². The maximum Gasteiger partial charge on any atom is 0.342 e. The molecule has 0 radical (unpaired) electrons. The number of carboxylic acids is 1. The molecule has 0 aliphatic heterocycles. The zero-order valence-electron chi connectivity index (χ0n) is 12.1. The molecule has 0 bridgehead atoms. The lowest BCUT2D eigenvalue weighted by Gasteiger charge is -1.97. The first kappa shape index (κ1) is 18.2. The molecule has 2 heterocycles. The molecule has 0 saturated heterocycles. The zero-order chi connectivity index (χ0) is 18.0. The number of thioether (sulfide) groups is 1. The lowest BCUT2D eigenvalue weighted by Crippen LogP contribution is -1.96. The molecule has 0 aliphatic carbocycles. The van der Waals surface area contributed by atoms with Gasteiger partial charge in [0.05, 0.1) is 4.47 Å². The van der Waals surface area contributed by atoms with Crippen LogP contribution in [0.5, 0.6) is 0 Å². The van der Waals surface area contributed by atoms with Crippen molar-refractivity contribution in [3.8, 4) is 11.5 Å². The molecule has 0 unspecified atom stereocenters. The number of carboxylic acid groups (broad SMARTS) is 1. The SMILES string of the molecule is O=C(O)/C(=C/c1cc(Br)c(Br)o1)Sc1nnc(-c2ccc(Cl)cc2)o1. The van der Waals surface area contributed by atoms with Gasteiger partial charge in [-0.15, -0.1) is 10.2 Å². The summed E-state index contributed by atoms with van der Waals surface area (Å²) in [5.41, 5.74) is 0.684. The largest absolute Gasteiger partial charge is 0.477 e. The highest BCUT2D eigenvalue weighted by Gasteiger charge is 2.17. The van der Waals surface area contributed by atoms with Crippen molar-refractivity contribution < 1.29 is 18.7 Å². The van der Waals surface area contributed by atoms with Crippen molar-refractivity contribution >= 4 is 67.3 Å². The number of furan rings is 1. The number of hydrogen-bond donors (Lipinski definition) is 1. The van der Waals surface area contributed by atoms with Crippen LogP contribution in [-0.4, -0.2) is 21.3 Å². The molecule has 0 aliphatic rings. The second-order valence-electron chi connectivity index (χ2n) is 4.57. The van der Waals surface area contributed by atoms with E-state index in [0.29, 0.717) is 25.5 Å². The molecule has 6 nitrogen and oxygen atoms in total. The fourth-order valence-electron chi connectivity index (χ4n) is 1.75. The third-order valence-electron chi connectivity index (χ3n) is 2.84. The van der Waals surface area contributed by atoms with Crippen LogP contribution < -0.4 is 0 Å². The van der Waals surface area contributed by atoms with Crippen molar-refractivity contribution in [1.29, 1.82) is 0 Å². The van der Waals surface area contributed by atoms with E-state index in [0.717, 1.165) is 11.8 Å². The fraction of sp³-hybridized carbons (Fsp3) is 0. The molecule has 1 aromatic carbocycles. The Balaban J connectivity index is 1.83. The Morgan fingerprint density at radius 2 is 1.92 bits per heavy atom. The molecule has 3 rings (SSSR count). The topological polar surface area (TPSA) is 89.4 Å². The van der Waals surface area contributed by atoms with E-state index < -0.39 is 5.97 Å². The van der Waals surface area contributed by atoms with Crippen LogP contribution in [0.4, 0.5) is 0 Å². The third kappa shape index (κ3) is 4.55. The van der Waals surface area contributed by atoms with Crippen molar-refractivity contribution in [2.24, 2.45) is 0 Å². The normalized spacial score (nSPS) is 11.7. The number of aromatic nitrogens is 2. The molecule has 25 heavy (non-hydrogen) atoms. The highest BCUT2D eigenvalue weighted by molar-refractivity contribution is 9.13. The maximum atomic E-state index is 11.5. The first-order valence-electron chi connectivity index (χ1n) is 6.59. The average molecular weight is 507 g/mol. The lowest BCUT2D eigenvalue weighted by atomic mass is 10.2. The molecule has 1 N–H and O–H groups in total. The Bertz CT molecular complexity index is 933. The van der Waals surface area contributed by atoms with Crippen LogP contribution >= 0.6 is 55.2 Å². The number of carbonyl (C=O) groups is 1. The van der Waals surface area contributed by atoms with Crippen LogP contribution in [0.25, 0.3) is 17.5 Å². The molecule has 128 valence electrons. The van der Waals surface area contributed by atoms with E-state index in [4.69, 9.17) is 20.4 Å². The van der Waals surface area contributed by atoms with Gasteiger partial charge in [-0.3, -0.25) is 0 Å². The third-order valence-corrected chi connectivity index (χ3v) is 5.66. The molecular weight excluding hydrogens is 500 g/mol. The summed E-state index contributed by atoms with van der Waals surface area (Å²) in [6, 6.07) is 8.50. The molecule has 3 aromatic rings. The Morgan fingerprint density at radius 3 is 2.52 bits per heavy atom. The maximum absolute atomic E-state index is 11.5. The summed E-state index contributed by atoms with van der Waals surface area (Å²) in [7, 11) is 0. The summed E-state index contributed by atoms with van der Waals surface area (Å²) in [6.45, 7) is 0. The predicted octanol–water partition coefficient (Wildman–Crippen LogP) is 5.73. The average Bonchev–Trinajstić information content (AvgIpc) is 3.14. The molecule has 0 atom stereocenters. The van der Waals surface area contributed by atoms with Crippen LogP contribution in [0.2, 0.25) is 5.02 Å². The standard InChI is InChI=1S/C15H7Br2ClN2O4S/c16-10-5-9(23-12(10)17)6-11(14(21)22)25-15-20-19-13(24-15)7-1-3-8(18)4-2-7/h1-6H,(H,21,22)/b11-6-. The van der Waals surface area contributed by atoms with Crippen molar-refractivity contribution in [3.63, 3.8) is 0 Å². The Kier molecular flexibility index (Phi) is 5.67. The smallest absolute Gasteiger partial charge is 0.342 e. The van der Waals surface area contributed by atoms with Crippen LogP contribution in [0.1, 0.15) is 5.76 Å². The molecule has 2 aromatic heterocycles. The summed E-state index contributed by atoms with van der Waals surface area (Å²) in [4.78, 5) is 11.4. The Morgan fingerprint density at radius 1 is 1.20 bits per heavy atom. The number of rotatable bonds is 5. The van der Waals surface area contributed by atoms with E-state index in [1.54, 1.807) is 30.3 Å². The van der Waals surface area contributed by atoms with Crippen molar-refractivity contribution in [2.45, 2.75) is 5.22 Å². The van der Waals surface area contributed by atoms with Gasteiger partial charge >= 0.3 is 5.97 Å². The van der Waals surface area contributed by atoms with Crippen molar-refractivity contribution in [3.05, 3.63) is 55.2 Å². The molecule has 0 fully saturated rings. The monoisotopic (exact) mass is 504 g/mol. The van der Waals surface area contributed by atoms with E-state index in [9.17, 15) is 9.90 Å². The van der Waals surface area contributed by atoms with E-state index in [1.165, 1.54) is 6.08 Å². The minimum absolute atomic E-state index is 0.0277. The van der Waals surface area contributed by atoms with Crippen molar-refractivity contribution in [2.75, 3.05) is 0 Å². The van der Waals surface area contributed by atoms with Gasteiger partial charge < -0.3 is 13.9 Å². The van der Waals surface area contributed by atoms with E-state index >= 15 is 0 Å². The quantitative estimate of drug-likeness (QED) is 0.349. The highest BCUT2D eigenvalue weighted by Crippen LogP contribution is 2.33. The number of nitrogens with zero attached hydrogens (tertiary/aromatic N) is 2. The molecule has 0 amide bonds. The number of halogens is 3. The van der Waals surface area contributed by atoms with Gasteiger partial charge in [0, 0.05) is 16.7 Å². The minimum atomic E-state index is -1.14. The first-order chi connectivity index (χ1) is 11.9. The van der Waals surface area contributed by atoms with Gasteiger partial charge in [0.2, 0.25) is 5.89 Å². The van der Waals surface area contributed by atoms with E-state index in [1.807, 2.05) is 0 Å². The fourth-order valence-corrected chi connectivity index (χ4v) is 3.14. The van der Waals surface area contributed by atoms with Crippen LogP contribution in [0.3, 0.4) is 0 Å². The van der Waals surface area contributed by atoms with E-state index in [2.05, 4.69) is 42.1 Å². The van der Waals surface area contributed by atoms with Crippen LogP contribution in [0.15, 0.2) is 58.4 Å². The summed E-state index contributed by atoms with van der Waals surface area (Å²) < 4.78 is 12.0. The number of aliphatic carboxylic acids is 1. The van der Waals surface area contributed by atoms with Gasteiger partial charge in [0.25, 0.3) is 5.22 Å². The second kappa shape index (κ2) is 7.77. The summed E-state index contributed by atoms with van der Waals surface area (Å²) in [5.74, 6) is -0.506. The van der Waals surface area contributed by atoms with Crippen molar-refractivity contribution in [1.82, 2.24) is 10.2 Å². The van der Waals surface area contributed by atoms with Gasteiger partial charge in [0.1, 0.15) is 10.7 Å². The molecule has 0 saturated carbocycles. The second-order valence-corrected chi connectivity index (χ2v) is 7.57. The summed E-state index contributed by atoms with van der Waals surface area (Å²) in [5, 5.41) is 17.8. The minimum Gasteiger partial charge on any atom is -0.477 e. The predicted molar refractivity (Wildman–Crippen MR) is 100 cm³/mol. The number of hydrogen-bond acceptors (Lipinski definition) is 6. The summed E-state index contributed by atoms with van der Waals surface area (Å²) >= 11 is 13.1. The first-order valence-corrected chi connectivity index (χ1v) is 9.37.